The molecule has 1 spiro atoms. The lowest BCUT2D eigenvalue weighted by atomic mass is 9.83. The molecule has 0 aromatic heterocycles. The molecule has 4 heterocycles. The van der Waals surface area contributed by atoms with Gasteiger partial charge in [0.15, 0.2) is 0 Å². The standard InChI is InChI=1S/C32H41ClN4O3.C2H6/c1-23(2)36-22-37(27-6-4-3-5-7-27)32(31(36)39)14-16-34(17-15-32)30(38)29-21-35(26-12-18-40-19-13-26)20-28(29)24-8-10-25(33)11-9-24;1-2/h3-11,23,26,28-29H,12-22H2,1-2H3;1-2H3. The third kappa shape index (κ3) is 5.93. The number of carbonyl (C=O) groups is 2. The Balaban J connectivity index is 0.00000173. The molecule has 8 heteroatoms. The van der Waals surface area contributed by atoms with E-state index < -0.39 is 5.54 Å². The van der Waals surface area contributed by atoms with Crippen molar-refractivity contribution in [2.75, 3.05) is 51.0 Å². The molecule has 228 valence electrons. The van der Waals surface area contributed by atoms with Gasteiger partial charge in [0.1, 0.15) is 5.54 Å². The molecule has 2 aromatic carbocycles. The van der Waals surface area contributed by atoms with Crippen molar-refractivity contribution < 1.29 is 14.3 Å². The van der Waals surface area contributed by atoms with Gasteiger partial charge in [-0.05, 0) is 69.4 Å². The topological polar surface area (TPSA) is 56.3 Å². The van der Waals surface area contributed by atoms with E-state index in [-0.39, 0.29) is 29.7 Å². The number of carbonyl (C=O) groups excluding carboxylic acids is 2. The molecule has 0 saturated carbocycles. The van der Waals surface area contributed by atoms with Crippen LogP contribution in [-0.2, 0) is 14.3 Å². The van der Waals surface area contributed by atoms with Gasteiger partial charge in [-0.3, -0.25) is 14.5 Å². The van der Waals surface area contributed by atoms with Crippen molar-refractivity contribution in [3.05, 3.63) is 65.2 Å². The van der Waals surface area contributed by atoms with E-state index in [1.165, 1.54) is 5.56 Å². The Morgan fingerprint density at radius 2 is 1.60 bits per heavy atom. The van der Waals surface area contributed by atoms with Gasteiger partial charge in [-0.2, -0.15) is 0 Å². The number of para-hydroxylation sites is 1. The first-order valence-electron chi connectivity index (χ1n) is 15.9. The first-order valence-corrected chi connectivity index (χ1v) is 16.2. The van der Waals surface area contributed by atoms with Gasteiger partial charge < -0.3 is 19.4 Å². The zero-order valence-electron chi connectivity index (χ0n) is 25.7. The number of amides is 2. The van der Waals surface area contributed by atoms with Crippen LogP contribution in [0.15, 0.2) is 54.6 Å². The molecule has 7 nitrogen and oxygen atoms in total. The fraction of sp³-hybridized carbons (Fsp3) is 0.588. The molecular formula is C34H47ClN4O3. The molecule has 2 unspecified atom stereocenters. The van der Waals surface area contributed by atoms with Crippen molar-refractivity contribution >= 4 is 29.1 Å². The number of hydrogen-bond acceptors (Lipinski definition) is 5. The average Bonchev–Trinajstić information content (AvgIpc) is 3.60. The Morgan fingerprint density at radius 3 is 2.21 bits per heavy atom. The van der Waals surface area contributed by atoms with Crippen molar-refractivity contribution in [1.29, 1.82) is 0 Å². The maximum atomic E-state index is 14.2. The summed E-state index contributed by atoms with van der Waals surface area (Å²) in [5.41, 5.74) is 1.66. The second kappa shape index (κ2) is 13.4. The van der Waals surface area contributed by atoms with Crippen molar-refractivity contribution in [2.45, 2.75) is 76.9 Å². The number of piperidine rings is 1. The molecule has 6 rings (SSSR count). The summed E-state index contributed by atoms with van der Waals surface area (Å²) >= 11 is 6.21. The van der Waals surface area contributed by atoms with Crippen LogP contribution in [-0.4, -0.2) is 90.2 Å². The number of likely N-dealkylation sites (tertiary alicyclic amines) is 2. The Morgan fingerprint density at radius 1 is 0.952 bits per heavy atom. The minimum Gasteiger partial charge on any atom is -0.381 e. The van der Waals surface area contributed by atoms with Gasteiger partial charge in [-0.15, -0.1) is 0 Å². The zero-order valence-corrected chi connectivity index (χ0v) is 26.4. The second-order valence-corrected chi connectivity index (χ2v) is 12.6. The normalized spacial score (nSPS) is 24.8. The molecule has 42 heavy (non-hydrogen) atoms. The van der Waals surface area contributed by atoms with Gasteiger partial charge in [0, 0.05) is 68.1 Å². The predicted molar refractivity (Wildman–Crippen MR) is 169 cm³/mol. The van der Waals surface area contributed by atoms with Crippen LogP contribution in [0.4, 0.5) is 5.69 Å². The molecule has 4 fully saturated rings. The maximum Gasteiger partial charge on any atom is 0.250 e. The van der Waals surface area contributed by atoms with E-state index in [2.05, 4.69) is 47.9 Å². The summed E-state index contributed by atoms with van der Waals surface area (Å²) in [6, 6.07) is 18.9. The largest absolute Gasteiger partial charge is 0.381 e. The molecule has 0 radical (unpaired) electrons. The van der Waals surface area contributed by atoms with Gasteiger partial charge in [0.25, 0.3) is 0 Å². The molecule has 4 aliphatic heterocycles. The minimum atomic E-state index is -0.595. The van der Waals surface area contributed by atoms with Crippen LogP contribution >= 0.6 is 11.6 Å². The Labute approximate surface area is 256 Å². The van der Waals surface area contributed by atoms with Crippen molar-refractivity contribution in [3.8, 4) is 0 Å². The van der Waals surface area contributed by atoms with Crippen molar-refractivity contribution in [2.24, 2.45) is 5.92 Å². The second-order valence-electron chi connectivity index (χ2n) is 12.2. The minimum absolute atomic E-state index is 0.102. The summed E-state index contributed by atoms with van der Waals surface area (Å²) in [5, 5.41) is 0.715. The highest BCUT2D eigenvalue weighted by Crippen LogP contribution is 2.42. The number of halogens is 1. The third-order valence-electron chi connectivity index (χ3n) is 9.73. The smallest absolute Gasteiger partial charge is 0.250 e. The Hall–Kier alpha value is -2.61. The summed E-state index contributed by atoms with van der Waals surface area (Å²) in [4.78, 5) is 36.9. The lowest BCUT2D eigenvalue weighted by molar-refractivity contribution is -0.141. The summed E-state index contributed by atoms with van der Waals surface area (Å²) in [6.45, 7) is 13.2. The molecular weight excluding hydrogens is 548 g/mol. The van der Waals surface area contributed by atoms with Gasteiger partial charge in [0.2, 0.25) is 11.8 Å². The number of nitrogens with zero attached hydrogens (tertiary/aromatic N) is 4. The van der Waals surface area contributed by atoms with E-state index in [1.807, 2.05) is 54.0 Å². The lowest BCUT2D eigenvalue weighted by Crippen LogP contribution is -2.58. The number of benzene rings is 2. The maximum absolute atomic E-state index is 14.2. The van der Waals surface area contributed by atoms with Gasteiger partial charge in [-0.25, -0.2) is 0 Å². The SMILES string of the molecule is CC.CC(C)N1CN(c2ccccc2)C2(CCN(C(=O)C3CN(C4CCOCC4)CC3c3ccc(Cl)cc3)CC2)C1=O. The highest BCUT2D eigenvalue weighted by atomic mass is 35.5. The van der Waals surface area contributed by atoms with Gasteiger partial charge in [0.05, 0.1) is 12.6 Å². The Bertz CT molecular complexity index is 1190. The Kier molecular flexibility index (Phi) is 9.81. The van der Waals surface area contributed by atoms with E-state index in [9.17, 15) is 9.59 Å². The van der Waals surface area contributed by atoms with E-state index in [0.717, 1.165) is 44.8 Å². The van der Waals surface area contributed by atoms with Crippen LogP contribution in [0.5, 0.6) is 0 Å². The molecule has 2 amide bonds. The van der Waals surface area contributed by atoms with Gasteiger partial charge >= 0.3 is 0 Å². The van der Waals surface area contributed by atoms with Gasteiger partial charge in [-0.1, -0.05) is 55.8 Å². The summed E-state index contributed by atoms with van der Waals surface area (Å²) < 4.78 is 5.62. The fourth-order valence-corrected chi connectivity index (χ4v) is 7.49. The summed E-state index contributed by atoms with van der Waals surface area (Å²) in [5.74, 6) is 0.453. The highest BCUT2D eigenvalue weighted by molar-refractivity contribution is 6.30. The van der Waals surface area contributed by atoms with Crippen LogP contribution in [0, 0.1) is 5.92 Å². The van der Waals surface area contributed by atoms with Crippen LogP contribution in [0.25, 0.3) is 0 Å². The number of rotatable bonds is 5. The van der Waals surface area contributed by atoms with Crippen LogP contribution in [0.2, 0.25) is 5.02 Å². The molecule has 4 aliphatic rings. The van der Waals surface area contributed by atoms with Crippen LogP contribution in [0.3, 0.4) is 0 Å². The first-order chi connectivity index (χ1) is 20.4. The highest BCUT2D eigenvalue weighted by Gasteiger charge is 2.55. The van der Waals surface area contributed by atoms with E-state index >= 15 is 0 Å². The summed E-state index contributed by atoms with van der Waals surface area (Å²) in [6.07, 6.45) is 3.34. The van der Waals surface area contributed by atoms with Crippen LogP contribution in [0.1, 0.15) is 64.9 Å². The molecule has 0 bridgehead atoms. The number of ether oxygens (including phenoxy) is 1. The van der Waals surface area contributed by atoms with Crippen LogP contribution < -0.4 is 4.90 Å². The molecule has 2 atom stereocenters. The van der Waals surface area contributed by atoms with E-state index in [0.29, 0.717) is 43.7 Å². The average molecular weight is 595 g/mol. The van der Waals surface area contributed by atoms with E-state index in [1.54, 1.807) is 0 Å². The fourth-order valence-electron chi connectivity index (χ4n) is 7.37. The molecule has 0 N–H and O–H groups in total. The zero-order chi connectivity index (χ0) is 29.9. The monoisotopic (exact) mass is 594 g/mol. The summed E-state index contributed by atoms with van der Waals surface area (Å²) in [7, 11) is 0. The first kappa shape index (κ1) is 30.8. The molecule has 2 aromatic rings. The third-order valence-corrected chi connectivity index (χ3v) is 9.99. The quantitative estimate of drug-likeness (QED) is 0.449. The van der Waals surface area contributed by atoms with Crippen molar-refractivity contribution in [1.82, 2.24) is 14.7 Å². The molecule has 0 aliphatic carbocycles. The molecule has 4 saturated heterocycles. The van der Waals surface area contributed by atoms with E-state index in [4.69, 9.17) is 16.3 Å². The number of hydrogen-bond donors (Lipinski definition) is 0. The lowest BCUT2D eigenvalue weighted by Gasteiger charge is -2.44. The number of anilines is 1. The van der Waals surface area contributed by atoms with Crippen molar-refractivity contribution in [3.63, 3.8) is 0 Å². The predicted octanol–water partition coefficient (Wildman–Crippen LogP) is 5.64.